The van der Waals surface area contributed by atoms with Crippen molar-refractivity contribution in [1.29, 1.82) is 0 Å². The summed E-state index contributed by atoms with van der Waals surface area (Å²) in [5.41, 5.74) is 0. The Morgan fingerprint density at radius 1 is 0.313 bits per heavy atom. The van der Waals surface area contributed by atoms with Gasteiger partial charge in [-0.2, -0.15) is 0 Å². The first kappa shape index (κ1) is 63.6. The van der Waals surface area contributed by atoms with Crippen LogP contribution < -0.4 is 0 Å². The number of carbonyl (C=O) groups is 3. The molecule has 0 aliphatic carbocycles. The zero-order chi connectivity index (χ0) is 48.6. The monoisotopic (exact) mass is 933 g/mol. The van der Waals surface area contributed by atoms with Crippen molar-refractivity contribution in [3.05, 3.63) is 85.1 Å². The molecule has 0 heterocycles. The quantitative estimate of drug-likeness (QED) is 0.0199. The summed E-state index contributed by atoms with van der Waals surface area (Å²) >= 11 is 0. The number of unbranched alkanes of at least 4 members (excludes halogenated alkanes) is 29. The Morgan fingerprint density at radius 2 is 0.612 bits per heavy atom. The van der Waals surface area contributed by atoms with E-state index in [-0.39, 0.29) is 37.5 Å². The van der Waals surface area contributed by atoms with Crippen LogP contribution in [-0.2, 0) is 28.6 Å². The molecule has 0 bridgehead atoms. The second-order valence-corrected chi connectivity index (χ2v) is 18.6. The van der Waals surface area contributed by atoms with Gasteiger partial charge in [-0.25, -0.2) is 0 Å². The van der Waals surface area contributed by atoms with Crippen molar-refractivity contribution < 1.29 is 28.6 Å². The van der Waals surface area contributed by atoms with Gasteiger partial charge in [0.15, 0.2) is 6.10 Å². The molecule has 1 unspecified atom stereocenters. The number of ether oxygens (including phenoxy) is 3. The molecule has 0 aromatic carbocycles. The first-order chi connectivity index (χ1) is 33.0. The minimum absolute atomic E-state index is 0.103. The van der Waals surface area contributed by atoms with Crippen LogP contribution in [0.3, 0.4) is 0 Å². The predicted molar refractivity (Wildman–Crippen MR) is 288 cm³/mol. The highest BCUT2D eigenvalue weighted by Crippen LogP contribution is 2.15. The Morgan fingerprint density at radius 3 is 1.00 bits per heavy atom. The summed E-state index contributed by atoms with van der Waals surface area (Å²) in [4.78, 5) is 38.1. The van der Waals surface area contributed by atoms with Gasteiger partial charge in [0.05, 0.1) is 0 Å². The van der Waals surface area contributed by atoms with Gasteiger partial charge in [-0.15, -0.1) is 0 Å². The standard InChI is InChI=1S/C61H104O6/c1-4-7-10-13-16-19-22-25-27-29-30-32-33-36-39-42-45-48-51-54-60(63)66-57-58(56-65-59(62)53-50-47-44-41-38-35-24-21-18-15-12-9-6-3)67-61(64)55-52-49-46-43-40-37-34-31-28-26-23-20-17-14-11-8-5-2/h9,12,15,18,21,24,26,28-30,35,38,41,44,58H,4-8,10-11,13-14,16-17,19-20,22-23,25,27,31-34,36-37,39-40,42-43,45-57H2,1-3H3/b12-9+,18-15+,24-21+,28-26+,30-29+,38-35+,44-41+. The van der Waals surface area contributed by atoms with Crippen molar-refractivity contribution in [2.45, 2.75) is 271 Å². The highest BCUT2D eigenvalue weighted by Gasteiger charge is 2.19. The number of carbonyl (C=O) groups excluding carboxylic acids is 3. The van der Waals surface area contributed by atoms with Gasteiger partial charge >= 0.3 is 17.9 Å². The van der Waals surface area contributed by atoms with Crippen molar-refractivity contribution in [2.24, 2.45) is 0 Å². The van der Waals surface area contributed by atoms with E-state index in [4.69, 9.17) is 14.2 Å². The molecule has 0 aromatic heterocycles. The van der Waals surface area contributed by atoms with Gasteiger partial charge in [-0.1, -0.05) is 247 Å². The predicted octanol–water partition coefficient (Wildman–Crippen LogP) is 18.8. The maximum absolute atomic E-state index is 12.8. The van der Waals surface area contributed by atoms with Crippen LogP contribution in [0.15, 0.2) is 85.1 Å². The summed E-state index contributed by atoms with van der Waals surface area (Å²) in [7, 11) is 0. The third-order valence-electron chi connectivity index (χ3n) is 12.0. The average Bonchev–Trinajstić information content (AvgIpc) is 3.33. The molecule has 0 rings (SSSR count). The van der Waals surface area contributed by atoms with Crippen molar-refractivity contribution >= 4 is 17.9 Å². The molecule has 0 aliphatic heterocycles. The summed E-state index contributed by atoms with van der Waals surface area (Å²) in [6.45, 7) is 6.43. The molecule has 0 radical (unpaired) electrons. The SMILES string of the molecule is CC/C=C/C=C/C=C/C=C/C=C/CCCC(=O)OCC(COC(=O)CCCCCCCCC/C=C/CCCCCCCCCC)OC(=O)CCCCCCCCC/C=C/CCCCCCCC. The molecular weight excluding hydrogens is 829 g/mol. The largest absolute Gasteiger partial charge is 0.462 e. The average molecular weight is 933 g/mol. The fourth-order valence-electron chi connectivity index (χ4n) is 7.76. The lowest BCUT2D eigenvalue weighted by Gasteiger charge is -2.18. The smallest absolute Gasteiger partial charge is 0.306 e. The number of hydrogen-bond donors (Lipinski definition) is 0. The maximum atomic E-state index is 12.8. The Labute approximate surface area is 414 Å². The molecule has 6 nitrogen and oxygen atoms in total. The maximum Gasteiger partial charge on any atom is 0.306 e. The fourth-order valence-corrected chi connectivity index (χ4v) is 7.76. The van der Waals surface area contributed by atoms with Crippen LogP contribution in [0.5, 0.6) is 0 Å². The van der Waals surface area contributed by atoms with E-state index in [0.717, 1.165) is 51.4 Å². The van der Waals surface area contributed by atoms with E-state index < -0.39 is 6.10 Å². The molecule has 0 saturated carbocycles. The zero-order valence-electron chi connectivity index (χ0n) is 43.9. The lowest BCUT2D eigenvalue weighted by atomic mass is 10.1. The Kier molecular flexibility index (Phi) is 52.4. The van der Waals surface area contributed by atoms with Crippen LogP contribution in [0.2, 0.25) is 0 Å². The number of allylic oxidation sites excluding steroid dienone is 14. The summed E-state index contributed by atoms with van der Waals surface area (Å²) in [5.74, 6) is -0.984. The van der Waals surface area contributed by atoms with Gasteiger partial charge in [0.25, 0.3) is 0 Å². The molecule has 0 aliphatic rings. The minimum Gasteiger partial charge on any atom is -0.462 e. The normalized spacial score (nSPS) is 12.7. The van der Waals surface area contributed by atoms with Gasteiger partial charge in [0, 0.05) is 19.3 Å². The third-order valence-corrected chi connectivity index (χ3v) is 12.0. The molecule has 384 valence electrons. The van der Waals surface area contributed by atoms with E-state index in [2.05, 4.69) is 51.2 Å². The van der Waals surface area contributed by atoms with Crippen LogP contribution in [-0.4, -0.2) is 37.2 Å². The van der Waals surface area contributed by atoms with Gasteiger partial charge in [0.1, 0.15) is 13.2 Å². The number of esters is 3. The molecule has 6 heteroatoms. The molecular formula is C61H104O6. The molecule has 0 amide bonds. The summed E-state index contributed by atoms with van der Waals surface area (Å²) in [6, 6.07) is 0. The molecule has 0 saturated heterocycles. The van der Waals surface area contributed by atoms with Crippen LogP contribution >= 0.6 is 0 Å². The number of hydrogen-bond acceptors (Lipinski definition) is 6. The van der Waals surface area contributed by atoms with Gasteiger partial charge in [0.2, 0.25) is 0 Å². The molecule has 0 N–H and O–H groups in total. The van der Waals surface area contributed by atoms with Crippen LogP contribution in [0.25, 0.3) is 0 Å². The van der Waals surface area contributed by atoms with Crippen molar-refractivity contribution in [1.82, 2.24) is 0 Å². The second-order valence-electron chi connectivity index (χ2n) is 18.6. The molecule has 0 spiro atoms. The highest BCUT2D eigenvalue weighted by molar-refractivity contribution is 5.71. The van der Waals surface area contributed by atoms with E-state index in [0.29, 0.717) is 19.3 Å². The highest BCUT2D eigenvalue weighted by atomic mass is 16.6. The minimum atomic E-state index is -0.809. The Balaban J connectivity index is 4.44. The van der Waals surface area contributed by atoms with Gasteiger partial charge in [-0.3, -0.25) is 14.4 Å². The summed E-state index contributed by atoms with van der Waals surface area (Å²) in [5, 5.41) is 0. The molecule has 1 atom stereocenters. The Bertz CT molecular complexity index is 1300. The van der Waals surface area contributed by atoms with Gasteiger partial charge < -0.3 is 14.2 Å². The third kappa shape index (κ3) is 53.4. The van der Waals surface area contributed by atoms with Crippen LogP contribution in [0.4, 0.5) is 0 Å². The van der Waals surface area contributed by atoms with E-state index in [9.17, 15) is 14.4 Å². The zero-order valence-corrected chi connectivity index (χ0v) is 43.9. The van der Waals surface area contributed by atoms with Gasteiger partial charge in [-0.05, 0) is 83.5 Å². The van der Waals surface area contributed by atoms with Crippen LogP contribution in [0, 0.1) is 0 Å². The topological polar surface area (TPSA) is 78.9 Å². The van der Waals surface area contributed by atoms with Crippen molar-refractivity contribution in [2.75, 3.05) is 13.2 Å². The van der Waals surface area contributed by atoms with E-state index in [1.54, 1.807) is 0 Å². The summed E-state index contributed by atoms with van der Waals surface area (Å²) < 4.78 is 16.8. The molecule has 0 aromatic rings. The molecule has 0 fully saturated rings. The second kappa shape index (κ2) is 55.2. The molecule has 67 heavy (non-hydrogen) atoms. The van der Waals surface area contributed by atoms with E-state index in [1.165, 1.54) is 167 Å². The lowest BCUT2D eigenvalue weighted by molar-refractivity contribution is -0.167. The summed E-state index contributed by atoms with van der Waals surface area (Å²) in [6.07, 6.45) is 71.5. The number of rotatable bonds is 50. The van der Waals surface area contributed by atoms with E-state index >= 15 is 0 Å². The fraction of sp³-hybridized carbons (Fsp3) is 0.721. The van der Waals surface area contributed by atoms with Crippen molar-refractivity contribution in [3.63, 3.8) is 0 Å². The lowest BCUT2D eigenvalue weighted by Crippen LogP contribution is -2.30. The van der Waals surface area contributed by atoms with Crippen LogP contribution in [0.1, 0.15) is 265 Å². The Hall–Kier alpha value is -3.41. The first-order valence-corrected chi connectivity index (χ1v) is 28.2. The first-order valence-electron chi connectivity index (χ1n) is 28.2. The van der Waals surface area contributed by atoms with E-state index in [1.807, 2.05) is 54.7 Å². The van der Waals surface area contributed by atoms with Crippen molar-refractivity contribution in [3.8, 4) is 0 Å².